The molecule has 1 fully saturated rings. The van der Waals surface area contributed by atoms with Crippen LogP contribution in [0, 0.1) is 0 Å². The lowest BCUT2D eigenvalue weighted by molar-refractivity contribution is -0.140. The van der Waals surface area contributed by atoms with Crippen LogP contribution in [0.1, 0.15) is 58.3 Å². The molecule has 1 aliphatic heterocycles. The number of epoxide rings is 1. The van der Waals surface area contributed by atoms with Crippen molar-refractivity contribution >= 4 is 5.97 Å². The van der Waals surface area contributed by atoms with Gasteiger partial charge in [-0.2, -0.15) is 0 Å². The molecule has 0 amide bonds. The number of carbonyl (C=O) groups excluding carboxylic acids is 1. The minimum absolute atomic E-state index is 0.158. The number of allylic oxidation sites excluding steroid dienone is 9. The van der Waals surface area contributed by atoms with Crippen LogP contribution in [0.3, 0.4) is 0 Å². The fourth-order valence-electron chi connectivity index (χ4n) is 2.48. The van der Waals surface area contributed by atoms with Crippen molar-refractivity contribution in [3.8, 4) is 0 Å². The monoisotopic (exact) mass is 358 g/mol. The van der Waals surface area contributed by atoms with Crippen molar-refractivity contribution in [2.45, 2.75) is 70.5 Å². The summed E-state index contributed by atoms with van der Waals surface area (Å²) in [5.74, 6) is -0.158. The fourth-order valence-corrected chi connectivity index (χ4v) is 2.48. The lowest BCUT2D eigenvalue weighted by Crippen LogP contribution is -2.03. The van der Waals surface area contributed by atoms with Gasteiger partial charge in [0.15, 0.2) is 0 Å². The van der Waals surface area contributed by atoms with Gasteiger partial charge in [-0.3, -0.25) is 4.79 Å². The predicted octanol–water partition coefficient (Wildman–Crippen LogP) is 5.85. The maximum absolute atomic E-state index is 11.0. The molecular formula is C23H34O3. The number of carbonyl (C=O) groups is 1. The lowest BCUT2D eigenvalue weighted by atomic mass is 10.1. The van der Waals surface area contributed by atoms with E-state index < -0.39 is 0 Å². The second-order valence-corrected chi connectivity index (χ2v) is 6.27. The van der Waals surface area contributed by atoms with E-state index >= 15 is 0 Å². The van der Waals surface area contributed by atoms with Crippen molar-refractivity contribution < 1.29 is 14.3 Å². The molecule has 2 atom stereocenters. The molecule has 0 radical (unpaired) electrons. The molecule has 0 aromatic rings. The zero-order valence-corrected chi connectivity index (χ0v) is 16.3. The first kappa shape index (κ1) is 22.2. The third kappa shape index (κ3) is 12.5. The average molecular weight is 359 g/mol. The van der Waals surface area contributed by atoms with Gasteiger partial charge in [-0.1, -0.05) is 67.7 Å². The van der Waals surface area contributed by atoms with Gasteiger partial charge in [-0.25, -0.2) is 0 Å². The van der Waals surface area contributed by atoms with Crippen LogP contribution in [-0.2, 0) is 14.3 Å². The number of rotatable bonds is 14. The Kier molecular flexibility index (Phi) is 13.1. The van der Waals surface area contributed by atoms with E-state index in [1.807, 2.05) is 0 Å². The predicted molar refractivity (Wildman–Crippen MR) is 109 cm³/mol. The van der Waals surface area contributed by atoms with E-state index in [4.69, 9.17) is 4.74 Å². The van der Waals surface area contributed by atoms with Crippen LogP contribution in [0.2, 0.25) is 0 Å². The van der Waals surface area contributed by atoms with Crippen LogP contribution in [0.25, 0.3) is 0 Å². The van der Waals surface area contributed by atoms with Gasteiger partial charge in [0.25, 0.3) is 0 Å². The first-order valence-corrected chi connectivity index (χ1v) is 9.75. The zero-order valence-electron chi connectivity index (χ0n) is 16.3. The van der Waals surface area contributed by atoms with Gasteiger partial charge < -0.3 is 9.47 Å². The molecule has 0 unspecified atom stereocenters. The molecule has 1 saturated heterocycles. The first-order valence-electron chi connectivity index (χ1n) is 9.75. The van der Waals surface area contributed by atoms with Gasteiger partial charge in [0, 0.05) is 6.42 Å². The largest absolute Gasteiger partial charge is 0.469 e. The van der Waals surface area contributed by atoms with Gasteiger partial charge >= 0.3 is 5.97 Å². The summed E-state index contributed by atoms with van der Waals surface area (Å²) in [6.07, 6.45) is 29.7. The number of ether oxygens (including phenoxy) is 2. The van der Waals surface area contributed by atoms with Crippen molar-refractivity contribution in [3.05, 3.63) is 60.8 Å². The molecule has 1 rings (SSSR count). The summed E-state index contributed by atoms with van der Waals surface area (Å²) < 4.78 is 10.2. The van der Waals surface area contributed by atoms with E-state index in [1.165, 1.54) is 7.11 Å². The molecule has 26 heavy (non-hydrogen) atoms. The molecule has 1 aliphatic rings. The van der Waals surface area contributed by atoms with E-state index in [2.05, 4.69) is 72.4 Å². The molecule has 0 aromatic carbocycles. The summed E-state index contributed by atoms with van der Waals surface area (Å²) in [6.45, 7) is 2.15. The molecule has 0 saturated carbocycles. The summed E-state index contributed by atoms with van der Waals surface area (Å²) in [6, 6.07) is 0. The van der Waals surface area contributed by atoms with Crippen molar-refractivity contribution in [1.82, 2.24) is 0 Å². The second-order valence-electron chi connectivity index (χ2n) is 6.27. The first-order chi connectivity index (χ1) is 12.8. The van der Waals surface area contributed by atoms with Gasteiger partial charge in [-0.15, -0.1) is 0 Å². The molecule has 3 heteroatoms. The quantitative estimate of drug-likeness (QED) is 0.222. The Morgan fingerprint density at radius 1 is 0.808 bits per heavy atom. The maximum Gasteiger partial charge on any atom is 0.305 e. The van der Waals surface area contributed by atoms with Crippen molar-refractivity contribution in [2.24, 2.45) is 0 Å². The lowest BCUT2D eigenvalue weighted by Gasteiger charge is -1.95. The van der Waals surface area contributed by atoms with E-state index in [0.29, 0.717) is 6.42 Å². The molecule has 0 N–H and O–H groups in total. The van der Waals surface area contributed by atoms with Crippen molar-refractivity contribution in [3.63, 3.8) is 0 Å². The van der Waals surface area contributed by atoms with Crippen LogP contribution < -0.4 is 0 Å². The third-order valence-electron chi connectivity index (χ3n) is 4.07. The molecule has 0 aromatic heterocycles. The highest BCUT2D eigenvalue weighted by atomic mass is 16.6. The zero-order chi connectivity index (χ0) is 18.9. The summed E-state index contributed by atoms with van der Waals surface area (Å²) >= 11 is 0. The second kappa shape index (κ2) is 15.4. The Hall–Kier alpha value is -1.87. The summed E-state index contributed by atoms with van der Waals surface area (Å²) in [7, 11) is 1.42. The van der Waals surface area contributed by atoms with Gasteiger partial charge in [0.1, 0.15) is 0 Å². The van der Waals surface area contributed by atoms with Crippen LogP contribution in [0.4, 0.5) is 0 Å². The molecule has 0 spiro atoms. The Bertz CT molecular complexity index is 512. The standard InChI is InChI=1S/C23H34O3/c1-3-4-5-6-7-8-9-10-11-12-13-14-15-16-17-18-21-22(26-21)19-20-23(24)25-2/h4-5,7-8,10-11,13-14,16-17,21-22H,3,6,9,12,15,18-20H2,1-2H3/b5-4+,8-7+,11-10+,14-13+,17-16+/t21-,22+/m1/s1. The highest BCUT2D eigenvalue weighted by Crippen LogP contribution is 2.29. The SMILES string of the molecule is CC/C=C/C/C=C/C/C=C/C/C=C/C/C=C/C[C@H]1O[C@H]1CCC(=O)OC. The molecule has 0 bridgehead atoms. The Balaban J connectivity index is 1.94. The average Bonchev–Trinajstić information content (AvgIpc) is 3.41. The maximum atomic E-state index is 11.0. The molecular weight excluding hydrogens is 324 g/mol. The Morgan fingerprint density at radius 2 is 1.31 bits per heavy atom. The highest BCUT2D eigenvalue weighted by molar-refractivity contribution is 5.69. The smallest absolute Gasteiger partial charge is 0.305 e. The normalized spacial score (nSPS) is 20.4. The Labute approximate surface area is 159 Å². The molecule has 1 heterocycles. The molecule has 0 aliphatic carbocycles. The summed E-state index contributed by atoms with van der Waals surface area (Å²) in [5, 5.41) is 0. The van der Waals surface area contributed by atoms with Crippen LogP contribution >= 0.6 is 0 Å². The van der Waals surface area contributed by atoms with E-state index in [1.54, 1.807) is 0 Å². The molecule has 3 nitrogen and oxygen atoms in total. The van der Waals surface area contributed by atoms with Crippen molar-refractivity contribution in [1.29, 1.82) is 0 Å². The van der Waals surface area contributed by atoms with Crippen molar-refractivity contribution in [2.75, 3.05) is 7.11 Å². The van der Waals surface area contributed by atoms with Crippen LogP contribution in [-0.4, -0.2) is 25.3 Å². The summed E-state index contributed by atoms with van der Waals surface area (Å²) in [4.78, 5) is 11.0. The highest BCUT2D eigenvalue weighted by Gasteiger charge is 2.37. The number of hydrogen-bond acceptors (Lipinski definition) is 3. The third-order valence-corrected chi connectivity index (χ3v) is 4.07. The van der Waals surface area contributed by atoms with Crippen LogP contribution in [0.5, 0.6) is 0 Å². The number of esters is 1. The minimum atomic E-state index is -0.158. The van der Waals surface area contributed by atoms with Gasteiger partial charge in [-0.05, 0) is 44.9 Å². The van der Waals surface area contributed by atoms with Gasteiger partial charge in [0.2, 0.25) is 0 Å². The fraction of sp³-hybridized carbons (Fsp3) is 0.522. The van der Waals surface area contributed by atoms with E-state index in [0.717, 1.165) is 44.9 Å². The summed E-state index contributed by atoms with van der Waals surface area (Å²) in [5.41, 5.74) is 0. The van der Waals surface area contributed by atoms with E-state index in [9.17, 15) is 4.79 Å². The van der Waals surface area contributed by atoms with Crippen LogP contribution in [0.15, 0.2) is 60.8 Å². The van der Waals surface area contributed by atoms with Gasteiger partial charge in [0.05, 0.1) is 19.3 Å². The minimum Gasteiger partial charge on any atom is -0.469 e. The molecule has 144 valence electrons. The van der Waals surface area contributed by atoms with E-state index in [-0.39, 0.29) is 18.2 Å². The number of hydrogen-bond donors (Lipinski definition) is 0. The Morgan fingerprint density at radius 3 is 1.81 bits per heavy atom. The number of methoxy groups -OCH3 is 1. The topological polar surface area (TPSA) is 38.8 Å².